The Kier molecular flexibility index (Phi) is 9.75. The molecule has 184 valence electrons. The number of hydrazone groups is 1. The average molecular weight is 647 g/mol. The third kappa shape index (κ3) is 7.29. The molecule has 6 nitrogen and oxygen atoms in total. The van der Waals surface area contributed by atoms with Crippen LogP contribution in [0.25, 0.3) is 0 Å². The Labute approximate surface area is 235 Å². The van der Waals surface area contributed by atoms with Crippen molar-refractivity contribution in [1.29, 1.82) is 5.26 Å². The van der Waals surface area contributed by atoms with E-state index in [2.05, 4.69) is 48.5 Å². The van der Waals surface area contributed by atoms with E-state index in [1.165, 1.54) is 23.3 Å². The topological polar surface area (TPSA) is 83.7 Å². The van der Waals surface area contributed by atoms with E-state index < -0.39 is 0 Å². The number of ether oxygens (including phenoxy) is 2. The summed E-state index contributed by atoms with van der Waals surface area (Å²) < 4.78 is 13.4. The summed E-state index contributed by atoms with van der Waals surface area (Å²) in [6.07, 6.45) is 1.54. The summed E-state index contributed by atoms with van der Waals surface area (Å²) in [4.78, 5) is 12.1. The van der Waals surface area contributed by atoms with E-state index in [4.69, 9.17) is 9.47 Å². The van der Waals surface area contributed by atoms with Crippen LogP contribution in [-0.2, 0) is 11.4 Å². The summed E-state index contributed by atoms with van der Waals surface area (Å²) in [7, 11) is 0. The van der Waals surface area contributed by atoms with E-state index in [0.29, 0.717) is 30.6 Å². The van der Waals surface area contributed by atoms with Crippen LogP contribution in [0, 0.1) is 11.3 Å². The zero-order valence-electron chi connectivity index (χ0n) is 18.9. The molecule has 3 aromatic carbocycles. The molecular weight excluding hydrogens is 626 g/mol. The van der Waals surface area contributed by atoms with Gasteiger partial charge in [0.15, 0.2) is 6.61 Å². The minimum Gasteiger partial charge on any atom is -0.486 e. The van der Waals surface area contributed by atoms with Crippen molar-refractivity contribution in [2.75, 3.05) is 18.1 Å². The molecule has 1 heterocycles. The van der Waals surface area contributed by atoms with E-state index in [1.54, 1.807) is 6.07 Å². The Morgan fingerprint density at radius 1 is 1.08 bits per heavy atom. The fourth-order valence-electron chi connectivity index (χ4n) is 3.33. The van der Waals surface area contributed by atoms with Crippen molar-refractivity contribution in [3.63, 3.8) is 0 Å². The van der Waals surface area contributed by atoms with E-state index in [9.17, 15) is 10.1 Å². The van der Waals surface area contributed by atoms with Crippen molar-refractivity contribution in [3.8, 4) is 17.6 Å². The zero-order valence-corrected chi connectivity index (χ0v) is 23.8. The number of halogens is 2. The predicted octanol–water partition coefficient (Wildman–Crippen LogP) is 6.67. The second-order valence-electron chi connectivity index (χ2n) is 7.60. The van der Waals surface area contributed by atoms with Crippen LogP contribution in [0.2, 0.25) is 0 Å². The minimum atomic E-state index is -0.355. The molecule has 1 amide bonds. The number of hydrogen-bond acceptors (Lipinski definition) is 7. The molecule has 0 saturated carbocycles. The maximum Gasteiger partial charge on any atom is 0.277 e. The number of thioether (sulfide) groups is 2. The van der Waals surface area contributed by atoms with Gasteiger partial charge < -0.3 is 9.47 Å². The van der Waals surface area contributed by atoms with Crippen molar-refractivity contribution >= 4 is 67.5 Å². The highest BCUT2D eigenvalue weighted by molar-refractivity contribution is 9.11. The summed E-state index contributed by atoms with van der Waals surface area (Å²) in [5, 5.41) is 13.3. The molecule has 10 heteroatoms. The maximum absolute atomic E-state index is 12.1. The fraction of sp³-hybridized carbons (Fsp3) is 0.192. The van der Waals surface area contributed by atoms with Gasteiger partial charge in [-0.05, 0) is 73.3 Å². The minimum absolute atomic E-state index is 0.131. The Morgan fingerprint density at radius 2 is 1.78 bits per heavy atom. The van der Waals surface area contributed by atoms with Crippen molar-refractivity contribution in [2.45, 2.75) is 11.2 Å². The Hall–Kier alpha value is -2.45. The number of nitrogens with one attached hydrogen (secondary N) is 1. The lowest BCUT2D eigenvalue weighted by Crippen LogP contribution is -2.24. The molecule has 3 aromatic rings. The standard InChI is InChI=1S/C26H21Br2N3O3S2/c27-22-11-17(12-23(28)25(22)34-15-20-4-2-1-3-19(20)13-29)14-30-31-24(32)16-33-21-7-5-18(6-8-21)26-35-9-10-36-26/h1-8,11-12,14,26H,9-10,15-16H2,(H,31,32)/b30-14-. The molecule has 36 heavy (non-hydrogen) atoms. The van der Waals surface area contributed by atoms with Gasteiger partial charge in [0.25, 0.3) is 5.91 Å². The smallest absolute Gasteiger partial charge is 0.277 e. The number of nitrogens with zero attached hydrogens (tertiary/aromatic N) is 2. The lowest BCUT2D eigenvalue weighted by molar-refractivity contribution is -0.123. The lowest BCUT2D eigenvalue weighted by Gasteiger charge is -2.12. The summed E-state index contributed by atoms with van der Waals surface area (Å²) in [5.74, 6) is 3.25. The fourth-order valence-corrected chi connectivity index (χ4v) is 7.64. The molecule has 0 atom stereocenters. The summed E-state index contributed by atoms with van der Waals surface area (Å²) in [5.41, 5.74) is 5.87. The second kappa shape index (κ2) is 13.2. The molecule has 0 bridgehead atoms. The average Bonchev–Trinajstić information content (AvgIpc) is 3.43. The SMILES string of the molecule is N#Cc1ccccc1COc1c(Br)cc(/C=N\NC(=O)COc2ccc(C3SCCS3)cc2)cc1Br. The first kappa shape index (κ1) is 26.6. The molecule has 0 unspecified atom stereocenters. The largest absolute Gasteiger partial charge is 0.486 e. The van der Waals surface area contributed by atoms with Gasteiger partial charge in [-0.25, -0.2) is 5.43 Å². The highest BCUT2D eigenvalue weighted by atomic mass is 79.9. The second-order valence-corrected chi connectivity index (χ2v) is 12.0. The molecule has 1 fully saturated rings. The van der Waals surface area contributed by atoms with Crippen LogP contribution in [0.5, 0.6) is 11.5 Å². The van der Waals surface area contributed by atoms with Crippen molar-refractivity contribution in [2.24, 2.45) is 5.10 Å². The van der Waals surface area contributed by atoms with Crippen LogP contribution in [0.3, 0.4) is 0 Å². The number of amides is 1. The van der Waals surface area contributed by atoms with Crippen LogP contribution in [0.15, 0.2) is 74.7 Å². The Morgan fingerprint density at radius 3 is 2.47 bits per heavy atom. The zero-order chi connectivity index (χ0) is 25.3. The number of carbonyl (C=O) groups is 1. The third-order valence-corrected chi connectivity index (χ3v) is 9.36. The molecule has 0 aliphatic carbocycles. The number of hydrogen-bond donors (Lipinski definition) is 1. The number of benzene rings is 3. The quantitative estimate of drug-likeness (QED) is 0.207. The maximum atomic E-state index is 12.1. The number of rotatable bonds is 9. The van der Waals surface area contributed by atoms with Crippen LogP contribution in [0.4, 0.5) is 0 Å². The highest BCUT2D eigenvalue weighted by Gasteiger charge is 2.18. The van der Waals surface area contributed by atoms with Crippen molar-refractivity contribution in [3.05, 3.63) is 91.9 Å². The first-order valence-corrected chi connectivity index (χ1v) is 14.6. The van der Waals surface area contributed by atoms with Gasteiger partial charge in [-0.2, -0.15) is 10.4 Å². The number of carbonyl (C=O) groups excluding carboxylic acids is 1. The van der Waals surface area contributed by atoms with Crippen LogP contribution in [-0.4, -0.2) is 30.2 Å². The highest BCUT2D eigenvalue weighted by Crippen LogP contribution is 2.45. The van der Waals surface area contributed by atoms with Gasteiger partial charge in [-0.1, -0.05) is 30.3 Å². The van der Waals surface area contributed by atoms with Gasteiger partial charge in [-0.3, -0.25) is 4.79 Å². The van der Waals surface area contributed by atoms with Crippen LogP contribution >= 0.6 is 55.4 Å². The molecule has 0 spiro atoms. The van der Waals surface area contributed by atoms with E-state index >= 15 is 0 Å². The summed E-state index contributed by atoms with van der Waals surface area (Å²) in [6.45, 7) is 0.125. The van der Waals surface area contributed by atoms with E-state index in [1.807, 2.05) is 78.1 Å². The van der Waals surface area contributed by atoms with Gasteiger partial charge in [0.2, 0.25) is 0 Å². The molecule has 0 radical (unpaired) electrons. The van der Waals surface area contributed by atoms with E-state index in [-0.39, 0.29) is 19.1 Å². The molecule has 1 saturated heterocycles. The summed E-state index contributed by atoms with van der Waals surface area (Å²) >= 11 is 10.9. The predicted molar refractivity (Wildman–Crippen MR) is 153 cm³/mol. The van der Waals surface area contributed by atoms with Gasteiger partial charge in [-0.15, -0.1) is 23.5 Å². The van der Waals surface area contributed by atoms with Gasteiger partial charge in [0.05, 0.1) is 31.4 Å². The third-order valence-electron chi connectivity index (χ3n) is 5.08. The molecule has 1 aliphatic rings. The summed E-state index contributed by atoms with van der Waals surface area (Å²) in [6, 6.07) is 21.0. The van der Waals surface area contributed by atoms with E-state index in [0.717, 1.165) is 11.1 Å². The molecule has 0 aromatic heterocycles. The normalized spacial score (nSPS) is 13.5. The molecule has 1 aliphatic heterocycles. The van der Waals surface area contributed by atoms with Gasteiger partial charge in [0, 0.05) is 17.1 Å². The first-order chi connectivity index (χ1) is 17.5. The van der Waals surface area contributed by atoms with Gasteiger partial charge in [0.1, 0.15) is 18.1 Å². The van der Waals surface area contributed by atoms with Crippen LogP contribution < -0.4 is 14.9 Å². The number of nitriles is 1. The Bertz CT molecular complexity index is 1270. The molecule has 4 rings (SSSR count). The van der Waals surface area contributed by atoms with Crippen molar-refractivity contribution < 1.29 is 14.3 Å². The molecule has 1 N–H and O–H groups in total. The molecular formula is C26H21Br2N3O3S2. The van der Waals surface area contributed by atoms with Crippen LogP contribution in [0.1, 0.15) is 26.8 Å². The van der Waals surface area contributed by atoms with Gasteiger partial charge >= 0.3 is 0 Å². The lowest BCUT2D eigenvalue weighted by atomic mass is 10.1. The Balaban J connectivity index is 1.27. The van der Waals surface area contributed by atoms with Crippen molar-refractivity contribution in [1.82, 2.24) is 5.43 Å². The monoisotopic (exact) mass is 645 g/mol. The first-order valence-electron chi connectivity index (χ1n) is 10.9.